The van der Waals surface area contributed by atoms with Gasteiger partial charge >= 0.3 is 6.18 Å². The zero-order valence-electron chi connectivity index (χ0n) is 25.6. The Morgan fingerprint density at radius 2 is 1.62 bits per heavy atom. The highest BCUT2D eigenvalue weighted by Crippen LogP contribution is 2.39. The van der Waals surface area contributed by atoms with Crippen molar-refractivity contribution in [3.8, 4) is 11.4 Å². The monoisotopic (exact) mass is 649 g/mol. The highest BCUT2D eigenvalue weighted by Gasteiger charge is 2.37. The second-order valence-corrected chi connectivity index (χ2v) is 12.3. The topological polar surface area (TPSA) is 94.5 Å². The molecule has 1 saturated carbocycles. The number of amides is 1. The van der Waals surface area contributed by atoms with Crippen molar-refractivity contribution in [1.82, 2.24) is 14.9 Å². The van der Waals surface area contributed by atoms with Gasteiger partial charge < -0.3 is 20.4 Å². The zero-order chi connectivity index (χ0) is 32.7. The van der Waals surface area contributed by atoms with E-state index in [4.69, 9.17) is 4.98 Å². The number of carbonyl (C=O) groups excluding carboxylic acids is 2. The average Bonchev–Trinajstić information content (AvgIpc) is 3.81. The molecular formula is C34H35F4N7O2. The van der Waals surface area contributed by atoms with Crippen LogP contribution in [0.1, 0.15) is 38.3 Å². The lowest BCUT2D eigenvalue weighted by Gasteiger charge is -2.37. The van der Waals surface area contributed by atoms with Crippen molar-refractivity contribution in [2.45, 2.75) is 50.5 Å². The summed E-state index contributed by atoms with van der Waals surface area (Å²) >= 11 is 0. The van der Waals surface area contributed by atoms with E-state index < -0.39 is 24.5 Å². The van der Waals surface area contributed by atoms with Crippen molar-refractivity contribution in [2.75, 3.05) is 53.2 Å². The second kappa shape index (κ2) is 12.5. The number of piperazine rings is 1. The number of halogens is 4. The Balaban J connectivity index is 1.16. The highest BCUT2D eigenvalue weighted by molar-refractivity contribution is 6.02. The highest BCUT2D eigenvalue weighted by atomic mass is 19.4. The molecular weight excluding hydrogens is 614 g/mol. The summed E-state index contributed by atoms with van der Waals surface area (Å²) in [5.41, 5.74) is 5.73. The number of hydrogen-bond donors (Lipinski definition) is 3. The summed E-state index contributed by atoms with van der Waals surface area (Å²) in [6.07, 6.45) is -3.78. The number of ketones is 1. The van der Waals surface area contributed by atoms with Crippen molar-refractivity contribution in [3.05, 3.63) is 66.5 Å². The van der Waals surface area contributed by atoms with Crippen LogP contribution in [0.25, 0.3) is 22.4 Å². The number of nitrogens with zero attached hydrogens (tertiary/aromatic N) is 4. The van der Waals surface area contributed by atoms with E-state index in [0.717, 1.165) is 67.2 Å². The van der Waals surface area contributed by atoms with Crippen LogP contribution in [0.5, 0.6) is 0 Å². The summed E-state index contributed by atoms with van der Waals surface area (Å²) < 4.78 is 53.2. The third kappa shape index (κ3) is 6.62. The van der Waals surface area contributed by atoms with Gasteiger partial charge in [0.1, 0.15) is 11.6 Å². The smallest absolute Gasteiger partial charge is 0.382 e. The minimum Gasteiger partial charge on any atom is -0.382 e. The number of fused-ring (bicyclic) bond motifs is 5. The fraction of sp³-hybridized carbons (Fsp3) is 0.382. The largest absolute Gasteiger partial charge is 0.449 e. The van der Waals surface area contributed by atoms with Crippen LogP contribution in [-0.4, -0.2) is 66.2 Å². The van der Waals surface area contributed by atoms with E-state index in [2.05, 4.69) is 25.8 Å². The van der Waals surface area contributed by atoms with Crippen LogP contribution in [0.15, 0.2) is 60.7 Å². The van der Waals surface area contributed by atoms with Gasteiger partial charge in [0, 0.05) is 61.3 Å². The number of aromatic nitrogens is 2. The third-order valence-corrected chi connectivity index (χ3v) is 8.97. The molecule has 3 aliphatic rings. The van der Waals surface area contributed by atoms with Gasteiger partial charge in [-0.05, 0) is 92.9 Å². The van der Waals surface area contributed by atoms with E-state index in [-0.39, 0.29) is 31.1 Å². The summed E-state index contributed by atoms with van der Waals surface area (Å²) in [5, 5.41) is 9.73. The molecule has 3 heterocycles. The maximum Gasteiger partial charge on any atom is 0.449 e. The van der Waals surface area contributed by atoms with Gasteiger partial charge in [0.25, 0.3) is 5.91 Å². The van der Waals surface area contributed by atoms with Gasteiger partial charge in [0.2, 0.25) is 5.78 Å². The normalized spacial score (nSPS) is 18.0. The van der Waals surface area contributed by atoms with E-state index in [1.165, 1.54) is 12.1 Å². The number of unbranched alkanes of at least 4 members (excludes halogenated alkanes) is 1. The summed E-state index contributed by atoms with van der Waals surface area (Å²) in [7, 11) is 0. The molecule has 4 aromatic rings. The Morgan fingerprint density at radius 3 is 2.32 bits per heavy atom. The molecule has 9 nitrogen and oxygen atoms in total. The first-order valence-corrected chi connectivity index (χ1v) is 16.0. The molecule has 0 bridgehead atoms. The van der Waals surface area contributed by atoms with Gasteiger partial charge in [-0.3, -0.25) is 19.5 Å². The number of alkyl halides is 3. The first kappa shape index (κ1) is 31.0. The van der Waals surface area contributed by atoms with Gasteiger partial charge in [0.15, 0.2) is 6.17 Å². The molecule has 1 unspecified atom stereocenters. The molecule has 2 aliphatic heterocycles. The minimum atomic E-state index is -4.84. The van der Waals surface area contributed by atoms with E-state index in [0.29, 0.717) is 23.1 Å². The molecule has 13 heteroatoms. The maximum absolute atomic E-state index is 13.7. The summed E-state index contributed by atoms with van der Waals surface area (Å²) in [6, 6.07) is 18.7. The molecule has 7 rings (SSSR count). The SMILES string of the molecule is O=C1Nc2ccc(NC3CC3)cc2-c2nc3cc(N4CCN(c5ccc(F)cc5)CC4)ccc3n2C1NCCCCC(=O)C(F)(F)F. The molecule has 2 fully saturated rings. The summed E-state index contributed by atoms with van der Waals surface area (Å²) in [4.78, 5) is 34.5. The number of hydrogen-bond acceptors (Lipinski definition) is 7. The maximum atomic E-state index is 13.7. The standard InChI is InChI=1S/C34H35F4N7O2/c35-21-4-9-24(10-5-21)43-15-17-44(18-16-43)25-11-13-29-28(20-25)41-31-26-19-23(40-22-6-7-22)8-12-27(26)42-33(47)32(45(29)31)39-14-2-1-3-30(46)34(36,37)38/h4-5,8-13,19-20,22,32,39-40H,1-3,6-7,14-18H2,(H,42,47). The number of carbonyl (C=O) groups is 2. The average molecular weight is 650 g/mol. The van der Waals surface area contributed by atoms with Gasteiger partial charge in [0.05, 0.1) is 16.7 Å². The molecule has 1 atom stereocenters. The fourth-order valence-corrected chi connectivity index (χ4v) is 6.29. The number of anilines is 4. The van der Waals surface area contributed by atoms with Gasteiger partial charge in [-0.2, -0.15) is 13.2 Å². The second-order valence-electron chi connectivity index (χ2n) is 12.3. The molecule has 1 amide bonds. The van der Waals surface area contributed by atoms with Gasteiger partial charge in [-0.15, -0.1) is 0 Å². The molecule has 0 spiro atoms. The quantitative estimate of drug-likeness (QED) is 0.142. The number of benzene rings is 3. The van der Waals surface area contributed by atoms with Crippen molar-refractivity contribution < 1.29 is 27.2 Å². The lowest BCUT2D eigenvalue weighted by atomic mass is 10.1. The lowest BCUT2D eigenvalue weighted by Crippen LogP contribution is -2.46. The third-order valence-electron chi connectivity index (χ3n) is 8.97. The molecule has 47 heavy (non-hydrogen) atoms. The number of nitrogens with one attached hydrogen (secondary N) is 3. The van der Waals surface area contributed by atoms with Crippen LogP contribution < -0.4 is 25.8 Å². The van der Waals surface area contributed by atoms with E-state index in [1.54, 1.807) is 12.1 Å². The van der Waals surface area contributed by atoms with Gasteiger partial charge in [-0.1, -0.05) is 0 Å². The zero-order valence-corrected chi connectivity index (χ0v) is 25.6. The Morgan fingerprint density at radius 1 is 0.915 bits per heavy atom. The van der Waals surface area contributed by atoms with Crippen molar-refractivity contribution >= 4 is 45.5 Å². The molecule has 1 saturated heterocycles. The molecule has 0 radical (unpaired) electrons. The van der Waals surface area contributed by atoms with Gasteiger partial charge in [-0.25, -0.2) is 9.37 Å². The van der Waals surface area contributed by atoms with Crippen molar-refractivity contribution in [3.63, 3.8) is 0 Å². The Hall–Kier alpha value is -4.65. The van der Waals surface area contributed by atoms with Crippen LogP contribution in [-0.2, 0) is 9.59 Å². The first-order valence-electron chi connectivity index (χ1n) is 16.0. The molecule has 1 aromatic heterocycles. The van der Waals surface area contributed by atoms with Crippen LogP contribution in [0.4, 0.5) is 40.3 Å². The number of imidazole rings is 1. The lowest BCUT2D eigenvalue weighted by molar-refractivity contribution is -0.171. The molecule has 3 N–H and O–H groups in total. The molecule has 3 aromatic carbocycles. The summed E-state index contributed by atoms with van der Waals surface area (Å²) in [6.45, 7) is 3.30. The van der Waals surface area contributed by atoms with E-state index >= 15 is 0 Å². The molecule has 1 aliphatic carbocycles. The van der Waals surface area contributed by atoms with Crippen LogP contribution >= 0.6 is 0 Å². The summed E-state index contributed by atoms with van der Waals surface area (Å²) in [5.74, 6) is -1.73. The predicted molar refractivity (Wildman–Crippen MR) is 173 cm³/mol. The van der Waals surface area contributed by atoms with E-state index in [1.807, 2.05) is 41.0 Å². The Bertz CT molecular complexity index is 1790. The molecule has 246 valence electrons. The Kier molecular flexibility index (Phi) is 8.25. The first-order chi connectivity index (χ1) is 22.6. The van der Waals surface area contributed by atoms with E-state index in [9.17, 15) is 27.2 Å². The van der Waals surface area contributed by atoms with Crippen LogP contribution in [0.3, 0.4) is 0 Å². The van der Waals surface area contributed by atoms with Crippen molar-refractivity contribution in [1.29, 1.82) is 0 Å². The van der Waals surface area contributed by atoms with Crippen LogP contribution in [0, 0.1) is 5.82 Å². The van der Waals surface area contributed by atoms with Crippen molar-refractivity contribution in [2.24, 2.45) is 0 Å². The minimum absolute atomic E-state index is 0.0470. The fourth-order valence-electron chi connectivity index (χ4n) is 6.29. The van der Waals surface area contributed by atoms with Crippen LogP contribution in [0.2, 0.25) is 0 Å². The predicted octanol–water partition coefficient (Wildman–Crippen LogP) is 6.09. The Labute approximate surface area is 268 Å². The number of Topliss-reactive ketones (excluding diaryl/α,β-unsaturated/α-hetero) is 1. The number of rotatable bonds is 10.